The Balaban J connectivity index is 1.41. The molecule has 2 atom stereocenters. The molecule has 1 unspecified atom stereocenters. The second kappa shape index (κ2) is 9.08. The molecule has 0 bridgehead atoms. The van der Waals surface area contributed by atoms with Crippen LogP contribution in [0.15, 0.2) is 66.9 Å². The van der Waals surface area contributed by atoms with Gasteiger partial charge in [-0.15, -0.1) is 0 Å². The maximum atomic E-state index is 14.3. The Morgan fingerprint density at radius 3 is 1.97 bits per heavy atom. The number of carbonyl (C=O) groups excluding carboxylic acids is 2. The zero-order valence-corrected chi connectivity index (χ0v) is 21.3. The Labute approximate surface area is 225 Å². The van der Waals surface area contributed by atoms with Crippen molar-refractivity contribution in [3.8, 4) is 0 Å². The van der Waals surface area contributed by atoms with Crippen molar-refractivity contribution in [3.05, 3.63) is 110 Å². The highest BCUT2D eigenvalue weighted by atomic mass is 35.5. The van der Waals surface area contributed by atoms with Crippen LogP contribution in [-0.4, -0.2) is 22.9 Å². The second-order valence-corrected chi connectivity index (χ2v) is 10.0. The Bertz CT molecular complexity index is 1410. The molecule has 37 heavy (non-hydrogen) atoms. The van der Waals surface area contributed by atoms with E-state index in [0.29, 0.717) is 27.8 Å². The number of imide groups is 1. The molecule has 4 nitrogen and oxygen atoms in total. The third-order valence-electron chi connectivity index (χ3n) is 6.73. The first kappa shape index (κ1) is 25.6. The number of amides is 2. The summed E-state index contributed by atoms with van der Waals surface area (Å²) in [6, 6.07) is 14.8. The summed E-state index contributed by atoms with van der Waals surface area (Å²) in [6.07, 6.45) is -4.23. The molecule has 2 heterocycles. The van der Waals surface area contributed by atoms with Crippen LogP contribution in [0.1, 0.15) is 56.8 Å². The zero-order valence-electron chi connectivity index (χ0n) is 19.1. The standard InChI is InChI=1S/C27H17Cl3F3NO3/c1-14(34-24(35)19-4-2-3-5-20(19)25(34)36)15-6-8-16(9-7-15)17-12-26(37-13-17,27(31,32)33)18-10-21(28)23(30)22(29)11-18/h2-11,13-14H,12H2,1H3/t14-,26?/m0/s1. The van der Waals surface area contributed by atoms with E-state index in [-0.39, 0.29) is 32.4 Å². The number of ether oxygens (including phenoxy) is 1. The number of rotatable bonds is 4. The number of hydrogen-bond acceptors (Lipinski definition) is 3. The highest BCUT2D eigenvalue weighted by Crippen LogP contribution is 2.53. The van der Waals surface area contributed by atoms with Crippen LogP contribution in [0, 0.1) is 0 Å². The maximum absolute atomic E-state index is 14.3. The average Bonchev–Trinajstić information content (AvgIpc) is 3.43. The second-order valence-electron chi connectivity index (χ2n) is 8.84. The maximum Gasteiger partial charge on any atom is 0.432 e. The monoisotopic (exact) mass is 565 g/mol. The summed E-state index contributed by atoms with van der Waals surface area (Å²) in [5, 5.41) is -0.272. The van der Waals surface area contributed by atoms with Gasteiger partial charge in [-0.05, 0) is 47.9 Å². The van der Waals surface area contributed by atoms with Gasteiger partial charge in [0.1, 0.15) is 0 Å². The van der Waals surface area contributed by atoms with E-state index in [0.717, 1.165) is 18.4 Å². The number of carbonyl (C=O) groups is 2. The molecule has 0 saturated carbocycles. The fourth-order valence-electron chi connectivity index (χ4n) is 4.67. The molecule has 0 N–H and O–H groups in total. The summed E-state index contributed by atoms with van der Waals surface area (Å²) in [5.74, 6) is -0.779. The molecule has 3 aromatic carbocycles. The lowest BCUT2D eigenvalue weighted by Crippen LogP contribution is -2.42. The van der Waals surface area contributed by atoms with Crippen molar-refractivity contribution < 1.29 is 27.5 Å². The molecule has 5 rings (SSSR count). The van der Waals surface area contributed by atoms with Crippen molar-refractivity contribution in [2.75, 3.05) is 0 Å². The molecule has 10 heteroatoms. The molecule has 190 valence electrons. The van der Waals surface area contributed by atoms with Crippen molar-refractivity contribution in [3.63, 3.8) is 0 Å². The topological polar surface area (TPSA) is 46.6 Å². The fourth-order valence-corrected chi connectivity index (χ4v) is 5.26. The molecule has 0 fully saturated rings. The van der Waals surface area contributed by atoms with E-state index in [1.165, 1.54) is 4.90 Å². The van der Waals surface area contributed by atoms with Crippen LogP contribution < -0.4 is 0 Å². The van der Waals surface area contributed by atoms with Gasteiger partial charge in [0.15, 0.2) is 0 Å². The molecule has 2 amide bonds. The molecule has 0 aromatic heterocycles. The van der Waals surface area contributed by atoms with Crippen LogP contribution in [-0.2, 0) is 10.3 Å². The largest absolute Gasteiger partial charge is 0.480 e. The first-order valence-corrected chi connectivity index (χ1v) is 12.2. The molecular formula is C27H17Cl3F3NO3. The minimum atomic E-state index is -4.79. The minimum Gasteiger partial charge on any atom is -0.480 e. The van der Waals surface area contributed by atoms with E-state index in [1.54, 1.807) is 55.5 Å². The van der Waals surface area contributed by atoms with Crippen molar-refractivity contribution in [1.82, 2.24) is 4.90 Å². The van der Waals surface area contributed by atoms with Crippen molar-refractivity contribution in [2.45, 2.75) is 31.2 Å². The van der Waals surface area contributed by atoms with Crippen LogP contribution in [0.2, 0.25) is 15.1 Å². The highest BCUT2D eigenvalue weighted by Gasteiger charge is 2.60. The Hall–Kier alpha value is -3.00. The Morgan fingerprint density at radius 2 is 1.46 bits per heavy atom. The lowest BCUT2D eigenvalue weighted by Gasteiger charge is -2.32. The van der Waals surface area contributed by atoms with Crippen LogP contribution >= 0.6 is 34.8 Å². The van der Waals surface area contributed by atoms with Gasteiger partial charge in [-0.3, -0.25) is 14.5 Å². The molecule has 0 spiro atoms. The summed E-state index contributed by atoms with van der Waals surface area (Å²) < 4.78 is 48.3. The molecule has 3 aromatic rings. The number of hydrogen-bond donors (Lipinski definition) is 0. The van der Waals surface area contributed by atoms with E-state index >= 15 is 0 Å². The van der Waals surface area contributed by atoms with Crippen LogP contribution in [0.4, 0.5) is 13.2 Å². The summed E-state index contributed by atoms with van der Waals surface area (Å²) >= 11 is 17.9. The normalized spacial score (nSPS) is 20.1. The molecule has 0 saturated heterocycles. The van der Waals surface area contributed by atoms with Crippen molar-refractivity contribution in [1.29, 1.82) is 0 Å². The van der Waals surface area contributed by atoms with Crippen LogP contribution in [0.5, 0.6) is 0 Å². The lowest BCUT2D eigenvalue weighted by molar-refractivity contribution is -0.260. The number of alkyl halides is 3. The molecule has 2 aliphatic heterocycles. The van der Waals surface area contributed by atoms with Crippen LogP contribution in [0.25, 0.3) is 5.57 Å². The minimum absolute atomic E-state index is 0.0432. The fraction of sp³-hybridized carbons (Fsp3) is 0.185. The van der Waals surface area contributed by atoms with Gasteiger partial charge < -0.3 is 4.74 Å². The number of benzene rings is 3. The van der Waals surface area contributed by atoms with Gasteiger partial charge in [0.25, 0.3) is 11.8 Å². The van der Waals surface area contributed by atoms with Gasteiger partial charge in [-0.25, -0.2) is 0 Å². The number of fused-ring (bicyclic) bond motifs is 1. The van der Waals surface area contributed by atoms with Gasteiger partial charge in [-0.1, -0.05) is 71.2 Å². The third kappa shape index (κ3) is 4.10. The number of nitrogens with zero attached hydrogens (tertiary/aromatic N) is 1. The van der Waals surface area contributed by atoms with E-state index in [4.69, 9.17) is 39.5 Å². The van der Waals surface area contributed by atoms with E-state index < -0.39 is 24.2 Å². The highest BCUT2D eigenvalue weighted by molar-refractivity contribution is 6.48. The number of halogens is 6. The molecule has 0 aliphatic carbocycles. The van der Waals surface area contributed by atoms with Gasteiger partial charge in [0.05, 0.1) is 38.5 Å². The van der Waals surface area contributed by atoms with Crippen LogP contribution in [0.3, 0.4) is 0 Å². The van der Waals surface area contributed by atoms with E-state index in [2.05, 4.69) is 0 Å². The summed E-state index contributed by atoms with van der Waals surface area (Å²) in [7, 11) is 0. The SMILES string of the molecule is C[C@@H](c1ccc(C2=COC(c3cc(Cl)c(Cl)c(Cl)c3)(C(F)(F)F)C2)cc1)N1C(=O)c2ccccc2C1=O. The van der Waals surface area contributed by atoms with Crippen molar-refractivity contribution >= 4 is 52.2 Å². The lowest BCUT2D eigenvalue weighted by atomic mass is 9.86. The summed E-state index contributed by atoms with van der Waals surface area (Å²) in [6.45, 7) is 1.72. The van der Waals surface area contributed by atoms with Gasteiger partial charge in [0, 0.05) is 12.0 Å². The van der Waals surface area contributed by atoms with E-state index in [1.807, 2.05) is 0 Å². The average molecular weight is 567 g/mol. The third-order valence-corrected chi connectivity index (χ3v) is 7.92. The predicted molar refractivity (Wildman–Crippen MR) is 135 cm³/mol. The van der Waals surface area contributed by atoms with Gasteiger partial charge >= 0.3 is 6.18 Å². The first-order valence-electron chi connectivity index (χ1n) is 11.1. The molecular weight excluding hydrogens is 550 g/mol. The Kier molecular flexibility index (Phi) is 6.29. The van der Waals surface area contributed by atoms with Crippen molar-refractivity contribution in [2.24, 2.45) is 0 Å². The molecule has 0 radical (unpaired) electrons. The quantitative estimate of drug-likeness (QED) is 0.236. The predicted octanol–water partition coefficient (Wildman–Crippen LogP) is 8.22. The summed E-state index contributed by atoms with van der Waals surface area (Å²) in [5.41, 5.74) is -0.815. The zero-order chi connectivity index (χ0) is 26.7. The van der Waals surface area contributed by atoms with E-state index in [9.17, 15) is 22.8 Å². The molecule has 2 aliphatic rings. The summed E-state index contributed by atoms with van der Waals surface area (Å²) in [4.78, 5) is 26.8. The van der Waals surface area contributed by atoms with Gasteiger partial charge in [0.2, 0.25) is 5.60 Å². The Morgan fingerprint density at radius 1 is 0.919 bits per heavy atom. The smallest absolute Gasteiger partial charge is 0.432 e. The first-order chi connectivity index (χ1) is 17.4. The van der Waals surface area contributed by atoms with Gasteiger partial charge in [-0.2, -0.15) is 13.2 Å².